The van der Waals surface area contributed by atoms with Crippen LogP contribution < -0.4 is 11.1 Å². The highest BCUT2D eigenvalue weighted by Crippen LogP contribution is 2.24. The van der Waals surface area contributed by atoms with Crippen molar-refractivity contribution in [2.45, 2.75) is 13.1 Å². The number of aromatic nitrogens is 8. The Balaban J connectivity index is 0.000000151. The van der Waals surface area contributed by atoms with Gasteiger partial charge in [0.05, 0.1) is 54.4 Å². The summed E-state index contributed by atoms with van der Waals surface area (Å²) in [7, 11) is 0. The number of benzene rings is 3. The summed E-state index contributed by atoms with van der Waals surface area (Å²) in [5.74, 6) is 0. The van der Waals surface area contributed by atoms with Gasteiger partial charge in [0.25, 0.3) is 11.1 Å². The lowest BCUT2D eigenvalue weighted by Gasteiger charge is -2.11. The van der Waals surface area contributed by atoms with Gasteiger partial charge in [0.15, 0.2) is 0 Å². The molecule has 10 nitrogen and oxygen atoms in total. The van der Waals surface area contributed by atoms with Gasteiger partial charge in [0.1, 0.15) is 11.0 Å². The highest BCUT2D eigenvalue weighted by Gasteiger charge is 2.08. The molecular weight excluding hydrogens is 649 g/mol. The quantitative estimate of drug-likeness (QED) is 0.185. The lowest BCUT2D eigenvalue weighted by Crippen LogP contribution is -2.21. The molecule has 250 valence electrons. The monoisotopic (exact) mass is 678 g/mol. The van der Waals surface area contributed by atoms with Crippen LogP contribution in [0.2, 0.25) is 0 Å². The predicted molar refractivity (Wildman–Crippen MR) is 203 cm³/mol. The second-order valence-electron chi connectivity index (χ2n) is 12.1. The van der Waals surface area contributed by atoms with Gasteiger partial charge in [-0.2, -0.15) is 0 Å². The van der Waals surface area contributed by atoms with Crippen molar-refractivity contribution in [2.24, 2.45) is 0 Å². The molecule has 0 saturated carbocycles. The maximum atomic E-state index is 12.4. The largest absolute Gasteiger partial charge is 0.301 e. The number of para-hydroxylation sites is 1. The Hall–Kier alpha value is -7.20. The highest BCUT2D eigenvalue weighted by atomic mass is 16.1. The maximum absolute atomic E-state index is 12.4. The van der Waals surface area contributed by atoms with Crippen molar-refractivity contribution in [3.63, 3.8) is 0 Å². The Morgan fingerprint density at radius 1 is 0.423 bits per heavy atom. The molecule has 0 saturated heterocycles. The molecule has 0 spiro atoms. The minimum atomic E-state index is -0.128. The van der Waals surface area contributed by atoms with E-state index < -0.39 is 0 Å². The minimum absolute atomic E-state index is 0.122. The molecule has 0 bridgehead atoms. The second-order valence-corrected chi connectivity index (χ2v) is 12.1. The van der Waals surface area contributed by atoms with E-state index in [2.05, 4.69) is 66.3 Å². The number of nitrogens with zero attached hydrogens (tertiary/aromatic N) is 8. The third kappa shape index (κ3) is 6.81. The van der Waals surface area contributed by atoms with Gasteiger partial charge in [-0.1, -0.05) is 54.6 Å². The van der Waals surface area contributed by atoms with Crippen molar-refractivity contribution < 1.29 is 0 Å². The van der Waals surface area contributed by atoms with Crippen molar-refractivity contribution in [1.29, 1.82) is 0 Å². The van der Waals surface area contributed by atoms with E-state index in [1.54, 1.807) is 46.3 Å². The van der Waals surface area contributed by atoms with Crippen LogP contribution in [0.4, 0.5) is 0 Å². The fourth-order valence-electron chi connectivity index (χ4n) is 6.20. The summed E-state index contributed by atoms with van der Waals surface area (Å²) in [5.41, 5.74) is 10.1. The SMILES string of the molecule is O=c1cnc2cnccc2n1Cc1cccc(-c2ccncc2)c1.O=c1cnc2cnccc2n1Cc1cccc(-c2cnc3ccccc3c2)c1. The van der Waals surface area contributed by atoms with Gasteiger partial charge >= 0.3 is 0 Å². The molecule has 9 aromatic rings. The summed E-state index contributed by atoms with van der Waals surface area (Å²) in [6.07, 6.45) is 14.8. The van der Waals surface area contributed by atoms with Gasteiger partial charge in [0, 0.05) is 41.9 Å². The molecule has 6 aromatic heterocycles. The maximum Gasteiger partial charge on any atom is 0.269 e. The van der Waals surface area contributed by atoms with Crippen molar-refractivity contribution in [2.75, 3.05) is 0 Å². The Morgan fingerprint density at radius 3 is 1.58 bits per heavy atom. The Bertz CT molecular complexity index is 2820. The van der Waals surface area contributed by atoms with Gasteiger partial charge in [0.2, 0.25) is 0 Å². The Morgan fingerprint density at radius 2 is 0.962 bits per heavy atom. The van der Waals surface area contributed by atoms with Crippen LogP contribution in [0.5, 0.6) is 0 Å². The zero-order valence-corrected chi connectivity index (χ0v) is 27.8. The number of rotatable bonds is 6. The number of pyridine rings is 4. The molecule has 0 radical (unpaired) electrons. The number of fused-ring (bicyclic) bond motifs is 3. The second kappa shape index (κ2) is 14.3. The van der Waals surface area contributed by atoms with E-state index in [1.165, 1.54) is 12.4 Å². The predicted octanol–water partition coefficient (Wildman–Crippen LogP) is 6.96. The summed E-state index contributed by atoms with van der Waals surface area (Å²) in [5, 5.41) is 1.11. The molecular formula is C42H30N8O2. The normalized spacial score (nSPS) is 11.0. The summed E-state index contributed by atoms with van der Waals surface area (Å²) in [6.45, 7) is 0.956. The van der Waals surface area contributed by atoms with Gasteiger partial charge < -0.3 is 9.13 Å². The summed E-state index contributed by atoms with van der Waals surface area (Å²) in [4.78, 5) is 49.7. The van der Waals surface area contributed by atoms with Crippen LogP contribution in [0, 0.1) is 0 Å². The molecule has 0 fully saturated rings. The zero-order chi connectivity index (χ0) is 35.3. The molecule has 0 N–H and O–H groups in total. The number of hydrogen-bond acceptors (Lipinski definition) is 8. The van der Waals surface area contributed by atoms with Gasteiger partial charge in [-0.3, -0.25) is 29.5 Å². The van der Waals surface area contributed by atoms with Crippen molar-refractivity contribution in [3.8, 4) is 22.3 Å². The first-order chi connectivity index (χ1) is 25.6. The summed E-state index contributed by atoms with van der Waals surface area (Å²) in [6, 6.07) is 34.2. The van der Waals surface area contributed by atoms with Crippen LogP contribution in [0.1, 0.15) is 11.1 Å². The molecule has 0 aliphatic carbocycles. The summed E-state index contributed by atoms with van der Waals surface area (Å²) < 4.78 is 3.44. The first-order valence-electron chi connectivity index (χ1n) is 16.6. The highest BCUT2D eigenvalue weighted by molar-refractivity contribution is 5.83. The fraction of sp³-hybridized carbons (Fsp3) is 0.0476. The van der Waals surface area contributed by atoms with E-state index in [0.717, 1.165) is 55.3 Å². The first-order valence-corrected chi connectivity index (χ1v) is 16.6. The molecule has 6 heterocycles. The van der Waals surface area contributed by atoms with Crippen LogP contribution in [-0.4, -0.2) is 39.0 Å². The molecule has 3 aromatic carbocycles. The van der Waals surface area contributed by atoms with Gasteiger partial charge in [-0.25, -0.2) is 9.97 Å². The van der Waals surface area contributed by atoms with Gasteiger partial charge in [-0.05, 0) is 76.3 Å². The molecule has 0 unspecified atom stereocenters. The van der Waals surface area contributed by atoms with Crippen LogP contribution in [0.3, 0.4) is 0 Å². The summed E-state index contributed by atoms with van der Waals surface area (Å²) >= 11 is 0. The van der Waals surface area contributed by atoms with Crippen LogP contribution in [-0.2, 0) is 13.1 Å². The van der Waals surface area contributed by atoms with E-state index >= 15 is 0 Å². The average Bonchev–Trinajstić information content (AvgIpc) is 3.21. The van der Waals surface area contributed by atoms with Crippen molar-refractivity contribution in [3.05, 3.63) is 191 Å². The third-order valence-electron chi connectivity index (χ3n) is 8.77. The van der Waals surface area contributed by atoms with Gasteiger partial charge in [-0.15, -0.1) is 0 Å². The minimum Gasteiger partial charge on any atom is -0.301 e. The zero-order valence-electron chi connectivity index (χ0n) is 27.8. The first kappa shape index (κ1) is 32.0. The van der Waals surface area contributed by atoms with E-state index in [1.807, 2.05) is 72.9 Å². The van der Waals surface area contributed by atoms with E-state index in [0.29, 0.717) is 24.1 Å². The smallest absolute Gasteiger partial charge is 0.269 e. The molecule has 0 aliphatic heterocycles. The van der Waals surface area contributed by atoms with Crippen LogP contribution in [0.15, 0.2) is 168 Å². The van der Waals surface area contributed by atoms with E-state index in [-0.39, 0.29) is 11.1 Å². The number of hydrogen-bond donors (Lipinski definition) is 0. The standard InChI is InChI=1S/C23H16N4O.C19H14N4O/c28-23-14-26-21-13-24-9-8-22(21)27(23)15-16-4-3-6-17(10-16)19-11-18-5-1-2-7-20(18)25-12-19;24-19-12-22-17-11-21-9-6-18(17)23(19)13-14-2-1-3-16(10-14)15-4-7-20-8-5-15/h1-14H,15H2;1-12H,13H2. The molecule has 10 heteroatoms. The molecule has 0 atom stereocenters. The molecule has 0 aliphatic rings. The van der Waals surface area contributed by atoms with E-state index in [4.69, 9.17) is 0 Å². The molecule has 0 amide bonds. The van der Waals surface area contributed by atoms with Crippen LogP contribution in [0.25, 0.3) is 55.2 Å². The molecule has 9 rings (SSSR count). The lowest BCUT2D eigenvalue weighted by molar-refractivity contribution is 0.786. The average molecular weight is 679 g/mol. The topological polar surface area (TPSA) is 121 Å². The molecule has 52 heavy (non-hydrogen) atoms. The third-order valence-corrected chi connectivity index (χ3v) is 8.77. The van der Waals surface area contributed by atoms with Crippen molar-refractivity contribution in [1.82, 2.24) is 39.0 Å². The fourth-order valence-corrected chi connectivity index (χ4v) is 6.20. The van der Waals surface area contributed by atoms with Crippen LogP contribution >= 0.6 is 0 Å². The lowest BCUT2D eigenvalue weighted by atomic mass is 10.0. The van der Waals surface area contributed by atoms with E-state index in [9.17, 15) is 9.59 Å². The van der Waals surface area contributed by atoms with Crippen molar-refractivity contribution >= 4 is 33.0 Å². The Labute approximate surface area is 297 Å². The Kier molecular flexibility index (Phi) is 8.83.